The van der Waals surface area contributed by atoms with Crippen LogP contribution in [0.4, 0.5) is 0 Å². The highest BCUT2D eigenvalue weighted by Crippen LogP contribution is 2.27. The number of hydrogen-bond acceptors (Lipinski definition) is 4. The van der Waals surface area contributed by atoms with Crippen LogP contribution in [0, 0.1) is 11.3 Å². The minimum atomic E-state index is -2.09. The number of hydrogen-bond donors (Lipinski definition) is 3. The molecule has 0 radical (unpaired) electrons. The largest absolute Gasteiger partial charge is 0.481 e. The van der Waals surface area contributed by atoms with E-state index in [-0.39, 0.29) is 12.8 Å². The van der Waals surface area contributed by atoms with E-state index in [0.717, 1.165) is 6.92 Å². The van der Waals surface area contributed by atoms with Crippen LogP contribution >= 0.6 is 0 Å². The Bertz CT molecular complexity index is 360. The highest BCUT2D eigenvalue weighted by atomic mass is 16.4. The minimum absolute atomic E-state index is 0.0862. The monoisotopic (exact) mass is 246 g/mol. The molecule has 0 saturated carbocycles. The van der Waals surface area contributed by atoms with Crippen LogP contribution < -0.4 is 0 Å². The zero-order valence-electron chi connectivity index (χ0n) is 9.47. The van der Waals surface area contributed by atoms with Crippen LogP contribution in [0.15, 0.2) is 0 Å². The van der Waals surface area contributed by atoms with Gasteiger partial charge in [-0.15, -0.1) is 0 Å². The Balaban J connectivity index is 4.88. The molecule has 0 aromatic heterocycles. The van der Waals surface area contributed by atoms with Crippen LogP contribution in [0.3, 0.4) is 0 Å². The fourth-order valence-corrected chi connectivity index (χ4v) is 1.18. The predicted octanol–water partition coefficient (Wildman–Crippen LogP) is 0.232. The van der Waals surface area contributed by atoms with Gasteiger partial charge in [0.15, 0.2) is 0 Å². The van der Waals surface area contributed by atoms with Crippen molar-refractivity contribution in [3.63, 3.8) is 0 Å². The van der Waals surface area contributed by atoms with Gasteiger partial charge in [0.25, 0.3) is 5.78 Å². The van der Waals surface area contributed by atoms with Crippen LogP contribution in [0.5, 0.6) is 0 Å². The molecule has 2 unspecified atom stereocenters. The van der Waals surface area contributed by atoms with Gasteiger partial charge in [0.1, 0.15) is 5.41 Å². The second kappa shape index (κ2) is 5.42. The summed E-state index contributed by atoms with van der Waals surface area (Å²) in [6.07, 6.45) is -0.419. The Kier molecular flexibility index (Phi) is 4.81. The number of rotatable bonds is 7. The van der Waals surface area contributed by atoms with Gasteiger partial charge in [-0.2, -0.15) is 0 Å². The van der Waals surface area contributed by atoms with Crippen LogP contribution in [0.25, 0.3) is 0 Å². The van der Waals surface area contributed by atoms with Crippen molar-refractivity contribution >= 4 is 23.7 Å². The molecule has 3 N–H and O–H groups in total. The van der Waals surface area contributed by atoms with E-state index in [0.29, 0.717) is 0 Å². The number of Topliss-reactive ketones (excluding diaryl/α,β-unsaturated/α-hetero) is 1. The number of carboxylic acids is 3. The zero-order valence-corrected chi connectivity index (χ0v) is 9.47. The van der Waals surface area contributed by atoms with Gasteiger partial charge in [0, 0.05) is 0 Å². The lowest BCUT2D eigenvalue weighted by atomic mass is 9.79. The predicted molar refractivity (Wildman–Crippen MR) is 54.4 cm³/mol. The first-order valence-electron chi connectivity index (χ1n) is 4.87. The fourth-order valence-electron chi connectivity index (χ4n) is 1.18. The zero-order chi connectivity index (χ0) is 13.8. The maximum atomic E-state index is 11.3. The Morgan fingerprint density at radius 1 is 1.12 bits per heavy atom. The summed E-state index contributed by atoms with van der Waals surface area (Å²) in [4.78, 5) is 43.2. The van der Waals surface area contributed by atoms with E-state index in [9.17, 15) is 19.2 Å². The Hall–Kier alpha value is -1.92. The highest BCUT2D eigenvalue weighted by Gasteiger charge is 2.44. The molecular weight excluding hydrogens is 232 g/mol. The minimum Gasteiger partial charge on any atom is -0.481 e. The molecule has 0 aliphatic heterocycles. The van der Waals surface area contributed by atoms with Crippen LogP contribution in [0.2, 0.25) is 0 Å². The average Bonchev–Trinajstić information content (AvgIpc) is 2.23. The van der Waals surface area contributed by atoms with Crippen LogP contribution in [0.1, 0.15) is 26.7 Å². The van der Waals surface area contributed by atoms with E-state index in [1.165, 1.54) is 6.92 Å². The second-order valence-electron chi connectivity index (χ2n) is 4.05. The lowest BCUT2D eigenvalue weighted by molar-refractivity contribution is -0.163. The third kappa shape index (κ3) is 3.54. The summed E-state index contributed by atoms with van der Waals surface area (Å²) in [5.41, 5.74) is -2.09. The lowest BCUT2D eigenvalue weighted by Gasteiger charge is -2.21. The molecular formula is C10H14O7. The quantitative estimate of drug-likeness (QED) is 0.433. The third-order valence-corrected chi connectivity index (χ3v) is 2.67. The molecule has 96 valence electrons. The Morgan fingerprint density at radius 3 is 1.88 bits per heavy atom. The third-order valence-electron chi connectivity index (χ3n) is 2.67. The average molecular weight is 246 g/mol. The summed E-state index contributed by atoms with van der Waals surface area (Å²) in [7, 11) is 0. The van der Waals surface area contributed by atoms with Gasteiger partial charge in [-0.05, 0) is 19.8 Å². The molecule has 0 amide bonds. The van der Waals surface area contributed by atoms with E-state index in [1.54, 1.807) is 0 Å². The van der Waals surface area contributed by atoms with Gasteiger partial charge >= 0.3 is 17.9 Å². The second-order valence-corrected chi connectivity index (χ2v) is 4.05. The summed E-state index contributed by atoms with van der Waals surface area (Å²) in [5.74, 6) is -6.81. The Labute approximate surface area is 97.1 Å². The summed E-state index contributed by atoms with van der Waals surface area (Å²) in [5, 5.41) is 26.0. The van der Waals surface area contributed by atoms with Crippen LogP contribution in [-0.4, -0.2) is 39.0 Å². The smallest absolute Gasteiger partial charge is 0.373 e. The first-order valence-corrected chi connectivity index (χ1v) is 4.87. The summed E-state index contributed by atoms with van der Waals surface area (Å²) in [6, 6.07) is 0. The van der Waals surface area contributed by atoms with Crippen molar-refractivity contribution < 1.29 is 34.5 Å². The number of carboxylic acid groups (broad SMARTS) is 3. The molecule has 7 heteroatoms. The van der Waals surface area contributed by atoms with Crippen molar-refractivity contribution in [1.82, 2.24) is 0 Å². The van der Waals surface area contributed by atoms with Gasteiger partial charge in [-0.25, -0.2) is 4.79 Å². The summed E-state index contributed by atoms with van der Waals surface area (Å²) >= 11 is 0. The first kappa shape index (κ1) is 15.1. The molecule has 0 aromatic carbocycles. The molecule has 0 heterocycles. The van der Waals surface area contributed by atoms with Crippen molar-refractivity contribution in [3.8, 4) is 0 Å². The first-order chi connectivity index (χ1) is 7.62. The molecule has 0 aromatic rings. The fraction of sp³-hybridized carbons (Fsp3) is 0.600. The molecule has 0 spiro atoms. The number of carbonyl (C=O) groups is 4. The summed E-state index contributed by atoms with van der Waals surface area (Å²) < 4.78 is 0. The topological polar surface area (TPSA) is 129 Å². The molecule has 0 rings (SSSR count). The van der Waals surface area contributed by atoms with Gasteiger partial charge < -0.3 is 15.3 Å². The number of carbonyl (C=O) groups excluding carboxylic acids is 1. The molecule has 0 aliphatic rings. The van der Waals surface area contributed by atoms with Crippen molar-refractivity contribution in [1.29, 1.82) is 0 Å². The van der Waals surface area contributed by atoms with Crippen molar-refractivity contribution in [2.45, 2.75) is 26.7 Å². The van der Waals surface area contributed by atoms with Crippen LogP contribution in [-0.2, 0) is 19.2 Å². The van der Waals surface area contributed by atoms with Crippen molar-refractivity contribution in [2.75, 3.05) is 0 Å². The lowest BCUT2D eigenvalue weighted by Crippen LogP contribution is -2.41. The maximum absolute atomic E-state index is 11.3. The SMILES string of the molecule is CC(CCC(C)(C(=O)O)C(=O)C(=O)O)C(=O)O. The normalized spacial score (nSPS) is 15.6. The van der Waals surface area contributed by atoms with Crippen molar-refractivity contribution in [3.05, 3.63) is 0 Å². The van der Waals surface area contributed by atoms with Gasteiger partial charge in [-0.3, -0.25) is 14.4 Å². The number of ketones is 1. The van der Waals surface area contributed by atoms with E-state index >= 15 is 0 Å². The maximum Gasteiger partial charge on any atom is 0.373 e. The molecule has 0 bridgehead atoms. The number of aliphatic carboxylic acids is 3. The standard InChI is InChI=1S/C10H14O7/c1-5(7(12)13)3-4-10(2,9(16)17)6(11)8(14)15/h5H,3-4H2,1-2H3,(H,12,13)(H,14,15)(H,16,17). The molecule has 0 fully saturated rings. The molecule has 0 aliphatic carbocycles. The van der Waals surface area contributed by atoms with E-state index in [1.807, 2.05) is 0 Å². The van der Waals surface area contributed by atoms with Crippen molar-refractivity contribution in [2.24, 2.45) is 11.3 Å². The molecule has 2 atom stereocenters. The molecule has 17 heavy (non-hydrogen) atoms. The van der Waals surface area contributed by atoms with Gasteiger partial charge in [-0.1, -0.05) is 6.92 Å². The summed E-state index contributed by atoms with van der Waals surface area (Å²) in [6.45, 7) is 2.34. The highest BCUT2D eigenvalue weighted by molar-refractivity contribution is 6.38. The molecule has 7 nitrogen and oxygen atoms in total. The van der Waals surface area contributed by atoms with Gasteiger partial charge in [0.05, 0.1) is 5.92 Å². The van der Waals surface area contributed by atoms with Gasteiger partial charge in [0.2, 0.25) is 0 Å². The Morgan fingerprint density at radius 2 is 1.59 bits per heavy atom. The van der Waals surface area contributed by atoms with E-state index in [2.05, 4.69) is 0 Å². The van der Waals surface area contributed by atoms with E-state index in [4.69, 9.17) is 15.3 Å². The van der Waals surface area contributed by atoms with E-state index < -0.39 is 35.0 Å². The molecule has 0 saturated heterocycles.